The molecule has 5 heteroatoms. The van der Waals surface area contributed by atoms with Crippen molar-refractivity contribution in [2.45, 2.75) is 13.8 Å². The van der Waals surface area contributed by atoms with Gasteiger partial charge in [-0.3, -0.25) is 9.59 Å². The van der Waals surface area contributed by atoms with Crippen LogP contribution in [0.3, 0.4) is 0 Å². The molecule has 0 aliphatic rings. The lowest BCUT2D eigenvalue weighted by molar-refractivity contribution is -0.112. The molecule has 0 spiro atoms. The molecule has 0 saturated carbocycles. The number of benzene rings is 2. The Kier molecular flexibility index (Phi) is 3.93. The van der Waals surface area contributed by atoms with Crippen LogP contribution in [0, 0.1) is 19.7 Å². The van der Waals surface area contributed by atoms with E-state index in [2.05, 4.69) is 5.32 Å². The number of rotatable bonds is 3. The Bertz CT molecular complexity index is 973. The number of fused-ring (bicyclic) bond motifs is 1. The minimum atomic E-state index is -0.780. The molecule has 1 N–H and O–H groups in total. The van der Waals surface area contributed by atoms with Gasteiger partial charge in [0, 0.05) is 29.3 Å². The SMILES string of the molecule is Cc1ccc(NC(=O)C(=O)c2c(C)n(C)c3ccccc23)cc1F. The van der Waals surface area contributed by atoms with Crippen molar-refractivity contribution in [3.63, 3.8) is 0 Å². The van der Waals surface area contributed by atoms with E-state index < -0.39 is 17.5 Å². The Morgan fingerprint density at radius 2 is 1.79 bits per heavy atom. The highest BCUT2D eigenvalue weighted by Gasteiger charge is 2.24. The zero-order chi connectivity index (χ0) is 17.4. The van der Waals surface area contributed by atoms with Gasteiger partial charge in [-0.1, -0.05) is 24.3 Å². The van der Waals surface area contributed by atoms with E-state index in [-0.39, 0.29) is 5.69 Å². The molecule has 0 saturated heterocycles. The van der Waals surface area contributed by atoms with Gasteiger partial charge in [0.2, 0.25) is 0 Å². The number of carbonyl (C=O) groups is 2. The zero-order valence-electron chi connectivity index (χ0n) is 13.7. The lowest BCUT2D eigenvalue weighted by Gasteiger charge is -2.06. The Labute approximate surface area is 138 Å². The van der Waals surface area contributed by atoms with Crippen molar-refractivity contribution in [1.29, 1.82) is 0 Å². The van der Waals surface area contributed by atoms with E-state index in [1.807, 2.05) is 35.9 Å². The number of amides is 1. The predicted molar refractivity (Wildman–Crippen MR) is 91.8 cm³/mol. The molecule has 1 aromatic heterocycles. The number of carbonyl (C=O) groups excluding carboxylic acids is 2. The van der Waals surface area contributed by atoms with Gasteiger partial charge in [-0.2, -0.15) is 0 Å². The van der Waals surface area contributed by atoms with Crippen LogP contribution in [0.25, 0.3) is 10.9 Å². The Morgan fingerprint density at radius 3 is 2.50 bits per heavy atom. The number of aryl methyl sites for hydroxylation is 2. The van der Waals surface area contributed by atoms with Crippen LogP contribution < -0.4 is 5.32 Å². The Hall–Kier alpha value is -2.95. The molecule has 0 radical (unpaired) electrons. The number of anilines is 1. The monoisotopic (exact) mass is 324 g/mol. The van der Waals surface area contributed by atoms with Crippen LogP contribution in [0.4, 0.5) is 10.1 Å². The number of hydrogen-bond donors (Lipinski definition) is 1. The fourth-order valence-electron chi connectivity index (χ4n) is 2.78. The number of halogens is 1. The number of ketones is 1. The third-order valence-electron chi connectivity index (χ3n) is 4.26. The average molecular weight is 324 g/mol. The third-order valence-corrected chi connectivity index (χ3v) is 4.26. The fourth-order valence-corrected chi connectivity index (χ4v) is 2.78. The first-order valence-electron chi connectivity index (χ1n) is 7.56. The van der Waals surface area contributed by atoms with Crippen molar-refractivity contribution in [2.75, 3.05) is 5.32 Å². The maximum atomic E-state index is 13.6. The second kappa shape index (κ2) is 5.92. The van der Waals surface area contributed by atoms with Gasteiger partial charge in [0.15, 0.2) is 0 Å². The second-order valence-corrected chi connectivity index (χ2v) is 5.78. The summed E-state index contributed by atoms with van der Waals surface area (Å²) in [7, 11) is 1.85. The smallest absolute Gasteiger partial charge is 0.296 e. The van der Waals surface area contributed by atoms with Crippen LogP contribution in [0.5, 0.6) is 0 Å². The molecule has 0 fully saturated rings. The van der Waals surface area contributed by atoms with Gasteiger partial charge in [0.1, 0.15) is 5.82 Å². The number of aromatic nitrogens is 1. The lowest BCUT2D eigenvalue weighted by atomic mass is 10.1. The van der Waals surface area contributed by atoms with Gasteiger partial charge in [0.25, 0.3) is 11.7 Å². The molecular weight excluding hydrogens is 307 g/mol. The van der Waals surface area contributed by atoms with Gasteiger partial charge in [0.05, 0.1) is 5.56 Å². The highest BCUT2D eigenvalue weighted by molar-refractivity contribution is 6.48. The molecule has 0 unspecified atom stereocenters. The summed E-state index contributed by atoms with van der Waals surface area (Å²) >= 11 is 0. The van der Waals surface area contributed by atoms with Gasteiger partial charge in [-0.25, -0.2) is 4.39 Å². The van der Waals surface area contributed by atoms with Crippen molar-refractivity contribution < 1.29 is 14.0 Å². The molecule has 24 heavy (non-hydrogen) atoms. The Morgan fingerprint density at radius 1 is 1.08 bits per heavy atom. The first-order chi connectivity index (χ1) is 11.4. The van der Waals surface area contributed by atoms with Crippen LogP contribution in [0.2, 0.25) is 0 Å². The molecule has 0 bridgehead atoms. The zero-order valence-corrected chi connectivity index (χ0v) is 13.7. The van der Waals surface area contributed by atoms with Crippen LogP contribution >= 0.6 is 0 Å². The van der Waals surface area contributed by atoms with E-state index in [4.69, 9.17) is 0 Å². The summed E-state index contributed by atoms with van der Waals surface area (Å²) in [6.07, 6.45) is 0. The number of Topliss-reactive ketones (excluding diaryl/α,β-unsaturated/α-hetero) is 1. The molecule has 0 atom stereocenters. The minimum Gasteiger partial charge on any atom is -0.347 e. The highest BCUT2D eigenvalue weighted by Crippen LogP contribution is 2.25. The molecule has 2 aromatic carbocycles. The van der Waals surface area contributed by atoms with Crippen LogP contribution in [-0.2, 0) is 11.8 Å². The van der Waals surface area contributed by atoms with E-state index in [9.17, 15) is 14.0 Å². The molecule has 1 amide bonds. The van der Waals surface area contributed by atoms with E-state index in [1.165, 1.54) is 6.07 Å². The predicted octanol–water partition coefficient (Wildman–Crippen LogP) is 3.76. The van der Waals surface area contributed by atoms with Crippen molar-refractivity contribution in [3.05, 3.63) is 65.1 Å². The molecule has 3 rings (SSSR count). The van der Waals surface area contributed by atoms with Gasteiger partial charge in [-0.15, -0.1) is 0 Å². The maximum absolute atomic E-state index is 13.6. The first kappa shape index (κ1) is 15.9. The fraction of sp³-hybridized carbons (Fsp3) is 0.158. The minimum absolute atomic E-state index is 0.259. The number of para-hydroxylation sites is 1. The molecule has 0 aliphatic heterocycles. The third kappa shape index (κ3) is 2.58. The molecule has 1 heterocycles. The highest BCUT2D eigenvalue weighted by atomic mass is 19.1. The average Bonchev–Trinajstić information content (AvgIpc) is 2.82. The van der Waals surface area contributed by atoms with E-state index >= 15 is 0 Å². The van der Waals surface area contributed by atoms with Crippen molar-refractivity contribution in [1.82, 2.24) is 4.57 Å². The topological polar surface area (TPSA) is 51.1 Å². The van der Waals surface area contributed by atoms with Crippen LogP contribution in [-0.4, -0.2) is 16.3 Å². The summed E-state index contributed by atoms with van der Waals surface area (Å²) in [6, 6.07) is 11.7. The molecular formula is C19H17FN2O2. The van der Waals surface area contributed by atoms with Crippen molar-refractivity contribution in [3.8, 4) is 0 Å². The van der Waals surface area contributed by atoms with Gasteiger partial charge in [-0.05, 0) is 37.6 Å². The van der Waals surface area contributed by atoms with Crippen molar-refractivity contribution >= 4 is 28.3 Å². The summed E-state index contributed by atoms with van der Waals surface area (Å²) in [6.45, 7) is 3.43. The normalized spacial score (nSPS) is 10.8. The van der Waals surface area contributed by atoms with Crippen LogP contribution in [0.1, 0.15) is 21.6 Å². The first-order valence-corrected chi connectivity index (χ1v) is 7.56. The number of hydrogen-bond acceptors (Lipinski definition) is 2. The summed E-state index contributed by atoms with van der Waals surface area (Å²) in [5.74, 6) is -1.84. The number of nitrogens with one attached hydrogen (secondary N) is 1. The summed E-state index contributed by atoms with van der Waals surface area (Å²) in [4.78, 5) is 25.0. The molecule has 122 valence electrons. The van der Waals surface area contributed by atoms with Crippen molar-refractivity contribution in [2.24, 2.45) is 7.05 Å². The quantitative estimate of drug-likeness (QED) is 0.589. The maximum Gasteiger partial charge on any atom is 0.296 e. The standard InChI is InChI=1S/C19H17FN2O2/c1-11-8-9-13(10-15(11)20)21-19(24)18(23)17-12(2)22(3)16-7-5-4-6-14(16)17/h4-10H,1-3H3,(H,21,24). The Balaban J connectivity index is 1.96. The number of nitrogens with zero attached hydrogens (tertiary/aromatic N) is 1. The van der Waals surface area contributed by atoms with E-state index in [0.717, 1.165) is 10.9 Å². The molecule has 3 aromatic rings. The van der Waals surface area contributed by atoms with Gasteiger partial charge < -0.3 is 9.88 Å². The lowest BCUT2D eigenvalue weighted by Crippen LogP contribution is -2.23. The largest absolute Gasteiger partial charge is 0.347 e. The van der Waals surface area contributed by atoms with Gasteiger partial charge >= 0.3 is 0 Å². The summed E-state index contributed by atoms with van der Waals surface area (Å²) in [5.41, 5.74) is 2.70. The second-order valence-electron chi connectivity index (χ2n) is 5.78. The van der Waals surface area contributed by atoms with Crippen LogP contribution in [0.15, 0.2) is 42.5 Å². The van der Waals surface area contributed by atoms with E-state index in [0.29, 0.717) is 16.8 Å². The molecule has 4 nitrogen and oxygen atoms in total. The summed E-state index contributed by atoms with van der Waals surface area (Å²) < 4.78 is 15.5. The van der Waals surface area contributed by atoms with E-state index in [1.54, 1.807) is 26.0 Å². The summed E-state index contributed by atoms with van der Waals surface area (Å²) in [5, 5.41) is 3.20. The molecule has 0 aliphatic carbocycles.